The Morgan fingerprint density at radius 3 is 2.70 bits per heavy atom. The molecule has 0 radical (unpaired) electrons. The number of carbonyl (C=O) groups excluding carboxylic acids is 1. The number of anilines is 1. The van der Waals surface area contributed by atoms with Crippen molar-refractivity contribution in [2.75, 3.05) is 22.9 Å². The average Bonchev–Trinajstić information content (AvgIpc) is 3.42. The van der Waals surface area contributed by atoms with Crippen molar-refractivity contribution in [1.82, 2.24) is 9.97 Å². The number of ketones is 1. The Balaban J connectivity index is 1.35. The Kier molecular flexibility index (Phi) is 5.67. The molecule has 1 aliphatic rings. The normalized spacial score (nSPS) is 13.5. The molecule has 0 saturated carbocycles. The molecule has 0 fully saturated rings. The minimum atomic E-state index is -3.32. The highest BCUT2D eigenvalue weighted by Gasteiger charge is 2.26. The number of rotatable bonds is 6. The summed E-state index contributed by atoms with van der Waals surface area (Å²) in [5.74, 6) is -0.141. The van der Waals surface area contributed by atoms with Gasteiger partial charge in [-0.3, -0.25) is 9.10 Å². The molecule has 33 heavy (non-hydrogen) atoms. The molecule has 2 aromatic heterocycles. The van der Waals surface area contributed by atoms with E-state index in [1.54, 1.807) is 30.3 Å². The van der Waals surface area contributed by atoms with Crippen LogP contribution >= 0.6 is 23.1 Å². The number of benzene rings is 2. The number of halogens is 1. The van der Waals surface area contributed by atoms with Crippen molar-refractivity contribution in [3.8, 4) is 10.4 Å². The van der Waals surface area contributed by atoms with E-state index >= 15 is 0 Å². The summed E-state index contributed by atoms with van der Waals surface area (Å²) in [6.45, 7) is 0.397. The molecule has 0 amide bonds. The lowest BCUT2D eigenvalue weighted by molar-refractivity contribution is 0.102. The topological polar surface area (TPSA) is 80.2 Å². The summed E-state index contributed by atoms with van der Waals surface area (Å²) in [6, 6.07) is 13.4. The van der Waals surface area contributed by atoms with Gasteiger partial charge in [0.05, 0.1) is 27.9 Å². The van der Waals surface area contributed by atoms with E-state index in [0.29, 0.717) is 24.2 Å². The van der Waals surface area contributed by atoms with E-state index in [9.17, 15) is 17.6 Å². The molecule has 2 aromatic carbocycles. The highest BCUT2D eigenvalue weighted by atomic mass is 32.2. The molecule has 5 rings (SSSR count). The highest BCUT2D eigenvalue weighted by molar-refractivity contribution is 8.00. The Morgan fingerprint density at radius 2 is 1.94 bits per heavy atom. The summed E-state index contributed by atoms with van der Waals surface area (Å²) in [4.78, 5) is 22.5. The van der Waals surface area contributed by atoms with E-state index in [1.165, 1.54) is 52.1 Å². The van der Waals surface area contributed by atoms with Crippen LogP contribution in [-0.2, 0) is 16.4 Å². The van der Waals surface area contributed by atoms with Crippen LogP contribution in [0.3, 0.4) is 0 Å². The van der Waals surface area contributed by atoms with Gasteiger partial charge in [0, 0.05) is 17.0 Å². The maximum Gasteiger partial charge on any atom is 0.232 e. The quantitative estimate of drug-likeness (QED) is 0.216. The zero-order valence-corrected chi connectivity index (χ0v) is 19.9. The maximum absolute atomic E-state index is 13.2. The lowest BCUT2D eigenvalue weighted by Crippen LogP contribution is -2.27. The van der Waals surface area contributed by atoms with Crippen molar-refractivity contribution in [2.24, 2.45) is 0 Å². The maximum atomic E-state index is 13.2. The summed E-state index contributed by atoms with van der Waals surface area (Å²) in [7, 11) is -3.32. The van der Waals surface area contributed by atoms with E-state index in [1.807, 2.05) is 6.07 Å². The van der Waals surface area contributed by atoms with Crippen LogP contribution in [0, 0.1) is 5.82 Å². The van der Waals surface area contributed by atoms with Crippen LogP contribution < -0.4 is 4.31 Å². The van der Waals surface area contributed by atoms with Crippen LogP contribution in [-0.4, -0.2) is 42.7 Å². The van der Waals surface area contributed by atoms with Crippen molar-refractivity contribution in [3.63, 3.8) is 0 Å². The number of Topliss-reactive ketones (excluding diaryl/α,β-unsaturated/α-hetero) is 1. The lowest BCUT2D eigenvalue weighted by atomic mass is 10.1. The third kappa shape index (κ3) is 4.38. The predicted molar refractivity (Wildman–Crippen MR) is 130 cm³/mol. The third-order valence-electron chi connectivity index (χ3n) is 5.40. The molecule has 0 N–H and O–H groups in total. The third-order valence-corrected chi connectivity index (χ3v) is 8.88. The summed E-state index contributed by atoms with van der Waals surface area (Å²) in [6.07, 6.45) is 3.25. The number of hydrogen-bond acceptors (Lipinski definition) is 7. The lowest BCUT2D eigenvalue weighted by Gasteiger charge is -2.16. The fourth-order valence-electron chi connectivity index (χ4n) is 3.80. The number of sulfonamides is 1. The van der Waals surface area contributed by atoms with E-state index in [4.69, 9.17) is 0 Å². The first kappa shape index (κ1) is 22.0. The van der Waals surface area contributed by atoms with Gasteiger partial charge in [0.1, 0.15) is 17.2 Å². The van der Waals surface area contributed by atoms with Crippen LogP contribution in [0.4, 0.5) is 10.1 Å². The smallest absolute Gasteiger partial charge is 0.232 e. The number of aromatic nitrogens is 2. The highest BCUT2D eigenvalue weighted by Crippen LogP contribution is 2.37. The standard InChI is InChI=1S/C23H18FN3O3S3/c1-33(29,30)27-9-8-15-10-16(4-7-19(15)27)20(28)12-31-23-22-18(25-13-26-23)11-21(32-22)14-2-5-17(24)6-3-14/h2-7,10-11,13H,8-9,12H2,1H3. The Morgan fingerprint density at radius 1 is 1.15 bits per heavy atom. The van der Waals surface area contributed by atoms with Gasteiger partial charge in [-0.25, -0.2) is 22.8 Å². The van der Waals surface area contributed by atoms with Crippen molar-refractivity contribution in [1.29, 1.82) is 0 Å². The molecule has 0 atom stereocenters. The molecule has 4 aromatic rings. The van der Waals surface area contributed by atoms with Gasteiger partial charge >= 0.3 is 0 Å². The van der Waals surface area contributed by atoms with Gasteiger partial charge < -0.3 is 0 Å². The first-order valence-electron chi connectivity index (χ1n) is 10.1. The number of thioether (sulfide) groups is 1. The number of thiophene rings is 1. The molecule has 3 heterocycles. The molecule has 0 aliphatic carbocycles. The molecule has 0 bridgehead atoms. The average molecular weight is 500 g/mol. The van der Waals surface area contributed by atoms with Gasteiger partial charge in [0.2, 0.25) is 10.0 Å². The van der Waals surface area contributed by atoms with Crippen LogP contribution in [0.15, 0.2) is 59.9 Å². The summed E-state index contributed by atoms with van der Waals surface area (Å²) in [5, 5.41) is 0.719. The summed E-state index contributed by atoms with van der Waals surface area (Å²) in [5.41, 5.74) is 3.74. The molecular formula is C23H18FN3O3S3. The first-order chi connectivity index (χ1) is 15.8. The predicted octanol–water partition coefficient (Wildman–Crippen LogP) is 4.79. The second-order valence-electron chi connectivity index (χ2n) is 7.65. The van der Waals surface area contributed by atoms with Crippen LogP contribution in [0.25, 0.3) is 20.7 Å². The fraction of sp³-hybridized carbons (Fsp3) is 0.174. The largest absolute Gasteiger partial charge is 0.293 e. The molecule has 0 saturated heterocycles. The number of hydrogen-bond donors (Lipinski definition) is 0. The van der Waals surface area contributed by atoms with Gasteiger partial charge in [0.25, 0.3) is 0 Å². The zero-order valence-electron chi connectivity index (χ0n) is 17.5. The SMILES string of the molecule is CS(=O)(=O)N1CCc2cc(C(=O)CSc3ncnc4cc(-c5ccc(F)cc5)sc34)ccc21. The first-order valence-corrected chi connectivity index (χ1v) is 13.7. The fourth-order valence-corrected chi connectivity index (χ4v) is 6.85. The van der Waals surface area contributed by atoms with E-state index < -0.39 is 10.0 Å². The van der Waals surface area contributed by atoms with Gasteiger partial charge in [-0.2, -0.15) is 0 Å². The number of fused-ring (bicyclic) bond motifs is 2. The van der Waals surface area contributed by atoms with Gasteiger partial charge in [-0.15, -0.1) is 11.3 Å². The van der Waals surface area contributed by atoms with Crippen LogP contribution in [0.2, 0.25) is 0 Å². The molecular weight excluding hydrogens is 481 g/mol. The molecule has 6 nitrogen and oxygen atoms in total. The molecule has 168 valence electrons. The second-order valence-corrected chi connectivity index (χ2v) is 11.6. The van der Waals surface area contributed by atoms with Crippen LogP contribution in [0.5, 0.6) is 0 Å². The van der Waals surface area contributed by atoms with Crippen molar-refractivity contribution in [2.45, 2.75) is 11.4 Å². The molecule has 10 heteroatoms. The second kappa shape index (κ2) is 8.51. The van der Waals surface area contributed by atoms with E-state index in [0.717, 1.165) is 31.2 Å². The summed E-state index contributed by atoms with van der Waals surface area (Å²) >= 11 is 2.85. The van der Waals surface area contributed by atoms with Crippen molar-refractivity contribution < 1.29 is 17.6 Å². The van der Waals surface area contributed by atoms with Crippen molar-refractivity contribution in [3.05, 3.63) is 71.8 Å². The van der Waals surface area contributed by atoms with Gasteiger partial charge in [-0.1, -0.05) is 23.9 Å². The van der Waals surface area contributed by atoms with Crippen LogP contribution in [0.1, 0.15) is 15.9 Å². The minimum absolute atomic E-state index is 0.0531. The number of carbonyl (C=O) groups is 1. The molecule has 1 aliphatic heterocycles. The van der Waals surface area contributed by atoms with Crippen molar-refractivity contribution >= 4 is 54.8 Å². The number of nitrogens with zero attached hydrogens (tertiary/aromatic N) is 3. The van der Waals surface area contributed by atoms with E-state index in [-0.39, 0.29) is 17.4 Å². The minimum Gasteiger partial charge on any atom is -0.293 e. The Labute approximate surface area is 198 Å². The molecule has 0 spiro atoms. The summed E-state index contributed by atoms with van der Waals surface area (Å²) < 4.78 is 39.3. The Hall–Kier alpha value is -2.82. The Bertz CT molecular complexity index is 1480. The monoisotopic (exact) mass is 499 g/mol. The van der Waals surface area contributed by atoms with E-state index in [2.05, 4.69) is 9.97 Å². The molecule has 0 unspecified atom stereocenters. The van der Waals surface area contributed by atoms with Gasteiger partial charge in [-0.05, 0) is 53.9 Å². The zero-order chi connectivity index (χ0) is 23.2. The van der Waals surface area contributed by atoms with Gasteiger partial charge in [0.15, 0.2) is 5.78 Å².